The minimum Gasteiger partial charge on any atom is -0.355 e. The van der Waals surface area contributed by atoms with Crippen LogP contribution in [0.2, 0.25) is 0 Å². The van der Waals surface area contributed by atoms with Crippen molar-refractivity contribution in [3.63, 3.8) is 0 Å². The fourth-order valence-corrected chi connectivity index (χ4v) is 4.76. The molecule has 0 spiro atoms. The van der Waals surface area contributed by atoms with Crippen molar-refractivity contribution < 1.29 is 9.59 Å². The third kappa shape index (κ3) is 5.30. The highest BCUT2D eigenvalue weighted by molar-refractivity contribution is 7.09. The Morgan fingerprint density at radius 1 is 1.04 bits per heavy atom. The van der Waals surface area contributed by atoms with E-state index in [4.69, 9.17) is 0 Å². The maximum Gasteiger partial charge on any atom is 0.225 e. The molecule has 2 amide bonds. The van der Waals surface area contributed by atoms with Gasteiger partial charge in [0.2, 0.25) is 11.8 Å². The third-order valence-electron chi connectivity index (χ3n) is 5.63. The first kappa shape index (κ1) is 18.4. The number of hydrogen-bond acceptors (Lipinski definition) is 3. The molecule has 138 valence electrons. The summed E-state index contributed by atoms with van der Waals surface area (Å²) in [4.78, 5) is 28.4. The van der Waals surface area contributed by atoms with Gasteiger partial charge in [-0.25, -0.2) is 0 Å². The van der Waals surface area contributed by atoms with Crippen molar-refractivity contribution in [3.05, 3.63) is 22.4 Å². The summed E-state index contributed by atoms with van der Waals surface area (Å²) in [7, 11) is 0. The van der Waals surface area contributed by atoms with Crippen LogP contribution in [0, 0.1) is 11.8 Å². The lowest BCUT2D eigenvalue weighted by atomic mass is 9.93. The number of nitrogens with zero attached hydrogens (tertiary/aromatic N) is 1. The Morgan fingerprint density at radius 3 is 2.40 bits per heavy atom. The molecule has 1 saturated heterocycles. The number of amides is 2. The van der Waals surface area contributed by atoms with Crippen molar-refractivity contribution in [2.45, 2.75) is 57.8 Å². The molecule has 1 saturated carbocycles. The average molecular weight is 363 g/mol. The molecule has 5 heteroatoms. The molecule has 1 aliphatic heterocycles. The molecule has 1 N–H and O–H groups in total. The molecule has 1 aliphatic carbocycles. The molecule has 0 radical (unpaired) electrons. The van der Waals surface area contributed by atoms with Crippen LogP contribution < -0.4 is 5.32 Å². The first-order valence-electron chi connectivity index (χ1n) is 9.83. The molecule has 2 heterocycles. The van der Waals surface area contributed by atoms with Crippen molar-refractivity contribution in [1.29, 1.82) is 0 Å². The molecule has 1 aromatic heterocycles. The summed E-state index contributed by atoms with van der Waals surface area (Å²) >= 11 is 1.73. The second-order valence-corrected chi connectivity index (χ2v) is 8.44. The number of hydrogen-bond donors (Lipinski definition) is 1. The maximum absolute atomic E-state index is 12.7. The minimum atomic E-state index is 0.0709. The fourth-order valence-electron chi connectivity index (χ4n) is 4.05. The number of rotatable bonds is 5. The van der Waals surface area contributed by atoms with Crippen LogP contribution in [0.15, 0.2) is 17.5 Å². The van der Waals surface area contributed by atoms with Crippen molar-refractivity contribution in [1.82, 2.24) is 10.2 Å². The molecule has 4 nitrogen and oxygen atoms in total. The number of piperidine rings is 1. The van der Waals surface area contributed by atoms with Crippen LogP contribution in [0.25, 0.3) is 0 Å². The SMILES string of the molecule is O=C(NCCc1cccs1)C1CCN(C(=O)C2CCCCCC2)CC1. The summed E-state index contributed by atoms with van der Waals surface area (Å²) in [6, 6.07) is 4.15. The van der Waals surface area contributed by atoms with Crippen LogP contribution in [0.1, 0.15) is 56.2 Å². The zero-order chi connectivity index (χ0) is 17.5. The summed E-state index contributed by atoms with van der Waals surface area (Å²) in [5, 5.41) is 5.14. The number of carbonyl (C=O) groups is 2. The summed E-state index contributed by atoms with van der Waals surface area (Å²) in [6.45, 7) is 2.21. The molecule has 1 aromatic rings. The molecular formula is C20H30N2O2S. The second kappa shape index (κ2) is 9.37. The van der Waals surface area contributed by atoms with Crippen LogP contribution >= 0.6 is 11.3 Å². The monoisotopic (exact) mass is 362 g/mol. The molecule has 3 rings (SSSR count). The van der Waals surface area contributed by atoms with Crippen LogP contribution in [0.5, 0.6) is 0 Å². The van der Waals surface area contributed by atoms with E-state index in [0.29, 0.717) is 12.5 Å². The van der Waals surface area contributed by atoms with Gasteiger partial charge in [0, 0.05) is 36.3 Å². The van der Waals surface area contributed by atoms with Gasteiger partial charge in [0.25, 0.3) is 0 Å². The number of thiophene rings is 1. The quantitative estimate of drug-likeness (QED) is 0.814. The lowest BCUT2D eigenvalue weighted by Crippen LogP contribution is -2.45. The van der Waals surface area contributed by atoms with Gasteiger partial charge < -0.3 is 10.2 Å². The highest BCUT2D eigenvalue weighted by atomic mass is 32.1. The zero-order valence-electron chi connectivity index (χ0n) is 15.0. The van der Waals surface area contributed by atoms with Crippen molar-refractivity contribution in [2.24, 2.45) is 11.8 Å². The van der Waals surface area contributed by atoms with Gasteiger partial charge in [0.1, 0.15) is 0 Å². The predicted molar refractivity (Wildman–Crippen MR) is 102 cm³/mol. The third-order valence-corrected chi connectivity index (χ3v) is 6.57. The molecule has 0 unspecified atom stereocenters. The second-order valence-electron chi connectivity index (χ2n) is 7.41. The number of nitrogens with one attached hydrogen (secondary N) is 1. The van der Waals surface area contributed by atoms with Gasteiger partial charge in [0.15, 0.2) is 0 Å². The van der Waals surface area contributed by atoms with Crippen molar-refractivity contribution in [3.8, 4) is 0 Å². The Morgan fingerprint density at radius 2 is 1.76 bits per heavy atom. The summed E-state index contributed by atoms with van der Waals surface area (Å²) in [5.74, 6) is 0.816. The topological polar surface area (TPSA) is 49.4 Å². The summed E-state index contributed by atoms with van der Waals surface area (Å²) in [6.07, 6.45) is 9.58. The van der Waals surface area contributed by atoms with E-state index in [1.807, 2.05) is 11.0 Å². The lowest BCUT2D eigenvalue weighted by molar-refractivity contribution is -0.139. The van der Waals surface area contributed by atoms with E-state index in [-0.39, 0.29) is 17.7 Å². The Kier molecular flexibility index (Phi) is 6.91. The average Bonchev–Trinajstić information content (AvgIpc) is 3.01. The molecule has 0 atom stereocenters. The Bertz CT molecular complexity index is 542. The fraction of sp³-hybridized carbons (Fsp3) is 0.700. The van der Waals surface area contributed by atoms with Crippen LogP contribution in [0.3, 0.4) is 0 Å². The maximum atomic E-state index is 12.7. The highest BCUT2D eigenvalue weighted by Crippen LogP contribution is 2.27. The Balaban J connectivity index is 1.38. The van der Waals surface area contributed by atoms with Gasteiger partial charge in [-0.15, -0.1) is 11.3 Å². The summed E-state index contributed by atoms with van der Waals surface area (Å²) in [5.41, 5.74) is 0. The first-order valence-corrected chi connectivity index (χ1v) is 10.7. The van der Waals surface area contributed by atoms with Crippen LogP contribution in [-0.2, 0) is 16.0 Å². The predicted octanol–water partition coefficient (Wildman–Crippen LogP) is 3.62. The van der Waals surface area contributed by atoms with E-state index in [2.05, 4.69) is 16.8 Å². The molecule has 0 aromatic carbocycles. The minimum absolute atomic E-state index is 0.0709. The Labute approximate surface area is 155 Å². The van der Waals surface area contributed by atoms with Crippen molar-refractivity contribution >= 4 is 23.2 Å². The van der Waals surface area contributed by atoms with Gasteiger partial charge in [0.05, 0.1) is 0 Å². The van der Waals surface area contributed by atoms with Gasteiger partial charge in [-0.05, 0) is 43.6 Å². The van der Waals surface area contributed by atoms with Gasteiger partial charge >= 0.3 is 0 Å². The molecule has 25 heavy (non-hydrogen) atoms. The number of likely N-dealkylation sites (tertiary alicyclic amines) is 1. The van der Waals surface area contributed by atoms with E-state index in [1.54, 1.807) is 11.3 Å². The highest BCUT2D eigenvalue weighted by Gasteiger charge is 2.30. The van der Waals surface area contributed by atoms with Crippen molar-refractivity contribution in [2.75, 3.05) is 19.6 Å². The Hall–Kier alpha value is -1.36. The van der Waals surface area contributed by atoms with Gasteiger partial charge in [-0.2, -0.15) is 0 Å². The van der Waals surface area contributed by atoms with Crippen LogP contribution in [-0.4, -0.2) is 36.3 Å². The molecular weight excluding hydrogens is 332 g/mol. The van der Waals surface area contributed by atoms with E-state index >= 15 is 0 Å². The lowest BCUT2D eigenvalue weighted by Gasteiger charge is -2.33. The van der Waals surface area contributed by atoms with E-state index in [9.17, 15) is 9.59 Å². The first-order chi connectivity index (χ1) is 12.2. The molecule has 0 bridgehead atoms. The molecule has 2 aliphatic rings. The number of carbonyl (C=O) groups excluding carboxylic acids is 2. The normalized spacial score (nSPS) is 20.2. The van der Waals surface area contributed by atoms with Gasteiger partial charge in [-0.3, -0.25) is 9.59 Å². The standard InChI is InChI=1S/C20H30N2O2S/c23-19(21-12-9-18-8-5-15-25-18)16-10-13-22(14-11-16)20(24)17-6-3-1-2-4-7-17/h5,8,15-17H,1-4,6-7,9-14H2,(H,21,23). The molecule has 2 fully saturated rings. The largest absolute Gasteiger partial charge is 0.355 e. The summed E-state index contributed by atoms with van der Waals surface area (Å²) < 4.78 is 0. The van der Waals surface area contributed by atoms with E-state index in [0.717, 1.165) is 45.2 Å². The van der Waals surface area contributed by atoms with Gasteiger partial charge in [-0.1, -0.05) is 31.7 Å². The zero-order valence-corrected chi connectivity index (χ0v) is 15.9. The smallest absolute Gasteiger partial charge is 0.225 e. The van der Waals surface area contributed by atoms with Crippen LogP contribution in [0.4, 0.5) is 0 Å². The van der Waals surface area contributed by atoms with E-state index < -0.39 is 0 Å². The van der Waals surface area contributed by atoms with E-state index in [1.165, 1.54) is 30.6 Å².